The van der Waals surface area contributed by atoms with Crippen molar-refractivity contribution in [2.24, 2.45) is 0 Å². The molecule has 2 atom stereocenters. The molecule has 0 spiro atoms. The van der Waals surface area contributed by atoms with Gasteiger partial charge in [0.1, 0.15) is 0 Å². The Morgan fingerprint density at radius 1 is 0.446 bits per heavy atom. The van der Waals surface area contributed by atoms with Gasteiger partial charge in [0, 0.05) is 108 Å². The van der Waals surface area contributed by atoms with Crippen LogP contribution in [0.5, 0.6) is 0 Å². The summed E-state index contributed by atoms with van der Waals surface area (Å²) in [5.41, 5.74) is 29.0. The van der Waals surface area contributed by atoms with E-state index in [1.54, 1.807) is 63.8 Å². The highest BCUT2D eigenvalue weighted by atomic mass is 16.5. The summed E-state index contributed by atoms with van der Waals surface area (Å²) in [6, 6.07) is 40.8. The molecule has 83 heavy (non-hydrogen) atoms. The molecule has 8 aromatic rings. The topological polar surface area (TPSA) is 283 Å². The van der Waals surface area contributed by atoms with Crippen LogP contribution in [-0.2, 0) is 32.7 Å². The molecule has 0 unspecified atom stereocenters. The first-order valence-corrected chi connectivity index (χ1v) is 27.2. The quantitative estimate of drug-likeness (QED) is 0.0599. The fraction of sp³-hybridized carbons (Fsp3) is 0.230. The van der Waals surface area contributed by atoms with Crippen molar-refractivity contribution < 1.29 is 50.0 Å². The predicted octanol–water partition coefficient (Wildman–Crippen LogP) is 7.23. The van der Waals surface area contributed by atoms with Gasteiger partial charge in [-0.2, -0.15) is 0 Å². The van der Waals surface area contributed by atoms with Gasteiger partial charge in [-0.1, -0.05) is 30.3 Å². The number of rotatable bonds is 5. The zero-order chi connectivity index (χ0) is 57.9. The van der Waals surface area contributed by atoms with E-state index in [-0.39, 0.29) is 0 Å². The van der Waals surface area contributed by atoms with E-state index in [0.717, 1.165) is 84.0 Å². The van der Waals surface area contributed by atoms with Crippen molar-refractivity contribution in [2.45, 2.75) is 70.5 Å². The van der Waals surface area contributed by atoms with Gasteiger partial charge >= 0.3 is 0 Å². The number of carbonyl (C=O) groups is 5. The molecule has 5 amide bonds. The summed E-state index contributed by atoms with van der Waals surface area (Å²) in [6.07, 6.45) is 10.9. The fourth-order valence-corrected chi connectivity index (χ4v) is 12.4. The zero-order valence-corrected chi connectivity index (χ0v) is 45.2. The first-order valence-electron chi connectivity index (χ1n) is 27.2. The van der Waals surface area contributed by atoms with E-state index >= 15 is 0 Å². The third kappa shape index (κ3) is 11.1. The molecule has 7 aliphatic heterocycles. The van der Waals surface area contributed by atoms with Crippen molar-refractivity contribution in [3.8, 4) is 33.8 Å². The highest BCUT2D eigenvalue weighted by molar-refractivity contribution is 5.96. The van der Waals surface area contributed by atoms with Crippen LogP contribution in [0.3, 0.4) is 0 Å². The van der Waals surface area contributed by atoms with E-state index in [1.807, 2.05) is 115 Å². The van der Waals surface area contributed by atoms with Crippen LogP contribution in [0, 0.1) is 0 Å². The summed E-state index contributed by atoms with van der Waals surface area (Å²) in [6.45, 7) is 6.35. The van der Waals surface area contributed by atoms with E-state index in [9.17, 15) is 24.0 Å². The molecule has 426 valence electrons. The van der Waals surface area contributed by atoms with Gasteiger partial charge in [-0.3, -0.25) is 69.2 Å². The van der Waals surface area contributed by atoms with Crippen LogP contribution in [0.2, 0.25) is 0 Å². The monoisotopic (exact) mass is 1120 g/mol. The van der Waals surface area contributed by atoms with E-state index in [2.05, 4.69) is 35.5 Å². The maximum atomic E-state index is 11.4. The van der Waals surface area contributed by atoms with Gasteiger partial charge in [0.15, 0.2) is 0 Å². The molecule has 5 aromatic carbocycles. The molecule has 22 nitrogen and oxygen atoms in total. The smallest absolute Gasteiger partial charge is 0.274 e. The van der Waals surface area contributed by atoms with Crippen LogP contribution in [-0.4, -0.2) is 99.4 Å². The first-order chi connectivity index (χ1) is 40.4. The van der Waals surface area contributed by atoms with Crippen LogP contribution in [0.25, 0.3) is 33.8 Å². The summed E-state index contributed by atoms with van der Waals surface area (Å²) in [5.74, 6) is -2.32. The van der Waals surface area contributed by atoms with Gasteiger partial charge in [0.05, 0.1) is 24.5 Å². The second-order valence-electron chi connectivity index (χ2n) is 21.1. The Balaban J connectivity index is 0.000000109. The summed E-state index contributed by atoms with van der Waals surface area (Å²) < 4.78 is 6.16. The maximum absolute atomic E-state index is 11.4. The minimum Gasteiger partial charge on any atom is -0.343 e. The van der Waals surface area contributed by atoms with Gasteiger partial charge in [0.2, 0.25) is 0 Å². The lowest BCUT2D eigenvalue weighted by atomic mass is 9.99. The Labute approximate surface area is 476 Å². The number of fused-ring (bicyclic) bond motifs is 15. The minimum absolute atomic E-state index is 0.435. The molecule has 0 bridgehead atoms. The van der Waals surface area contributed by atoms with Gasteiger partial charge in [0.25, 0.3) is 29.5 Å². The molecule has 7 aliphatic rings. The van der Waals surface area contributed by atoms with E-state index in [1.165, 1.54) is 53.6 Å². The lowest BCUT2D eigenvalue weighted by Crippen LogP contribution is -2.33. The Hall–Kier alpha value is -9.39. The van der Waals surface area contributed by atoms with Crippen molar-refractivity contribution in [1.29, 1.82) is 0 Å². The van der Waals surface area contributed by atoms with Crippen molar-refractivity contribution in [3.63, 3.8) is 0 Å². The zero-order valence-electron chi connectivity index (χ0n) is 45.2. The number of benzene rings is 5. The number of nitrogens with one attached hydrogen (secondary N) is 6. The predicted molar refractivity (Wildman–Crippen MR) is 304 cm³/mol. The lowest BCUT2D eigenvalue weighted by molar-refractivity contribution is 0.0702. The molecule has 15 rings (SSSR count). The normalized spacial score (nSPS) is 16.5. The molecule has 22 heteroatoms. The van der Waals surface area contributed by atoms with Gasteiger partial charge in [-0.25, -0.2) is 27.4 Å². The largest absolute Gasteiger partial charge is 0.343 e. The van der Waals surface area contributed by atoms with Gasteiger partial charge in [-0.15, -0.1) is 0 Å². The number of carbonyl (C=O) groups excluding carboxylic acids is 5. The number of nitrogens with zero attached hydrogens (tertiary/aromatic N) is 6. The third-order valence-electron chi connectivity index (χ3n) is 16.3. The van der Waals surface area contributed by atoms with Gasteiger partial charge < -0.3 is 15.0 Å². The molecule has 0 aliphatic carbocycles. The molecule has 0 saturated carbocycles. The van der Waals surface area contributed by atoms with Crippen molar-refractivity contribution in [1.82, 2.24) is 51.1 Å². The van der Waals surface area contributed by atoms with Crippen molar-refractivity contribution in [2.75, 3.05) is 30.6 Å². The van der Waals surface area contributed by atoms with E-state index in [0.29, 0.717) is 46.4 Å². The molecular formula is C61H62N12O10. The summed E-state index contributed by atoms with van der Waals surface area (Å²) in [5, 5.41) is 45.1. The molecule has 3 aromatic heterocycles. The SMILES string of the molecule is CN1Cc2cc(C(=O)NO)ccc2-c2cccn21.O=C(NO)c1ccc2c(c1)CN1CCC[C@@H]21.O=C(NO)c1ccc2c(c1)CN1CCC[C@H]21.O=C(NO)c1ccc2c(c1)CNn1cccc1-2.O=C(NO)c1ccc2c(c1)Cn1cccc1-2. The number of hydrogen-bond acceptors (Lipinski definition) is 14. The number of amides is 5. The number of hydroxylamine groups is 5. The number of aromatic nitrogens is 3. The first kappa shape index (κ1) is 55.5. The molecular weight excluding hydrogens is 1060 g/mol. The Bertz CT molecular complexity index is 3710. The fourth-order valence-electron chi connectivity index (χ4n) is 12.4. The third-order valence-corrected chi connectivity index (χ3v) is 16.3. The van der Waals surface area contributed by atoms with Crippen LogP contribution in [0.15, 0.2) is 146 Å². The van der Waals surface area contributed by atoms with Crippen LogP contribution >= 0.6 is 0 Å². The summed E-state index contributed by atoms with van der Waals surface area (Å²) in [7, 11) is 1.99. The van der Waals surface area contributed by atoms with Crippen LogP contribution in [0.1, 0.15) is 129 Å². The second-order valence-corrected chi connectivity index (χ2v) is 21.1. The molecule has 11 N–H and O–H groups in total. The van der Waals surface area contributed by atoms with Crippen LogP contribution < -0.4 is 37.8 Å². The lowest BCUT2D eigenvalue weighted by Gasteiger charge is -2.30. The molecule has 2 fully saturated rings. The Morgan fingerprint density at radius 2 is 0.855 bits per heavy atom. The van der Waals surface area contributed by atoms with E-state index < -0.39 is 29.5 Å². The van der Waals surface area contributed by atoms with Crippen LogP contribution in [0.4, 0.5) is 0 Å². The van der Waals surface area contributed by atoms with Crippen molar-refractivity contribution >= 4 is 29.5 Å². The van der Waals surface area contributed by atoms with Crippen molar-refractivity contribution in [3.05, 3.63) is 213 Å². The molecule has 0 radical (unpaired) electrons. The average molecular weight is 1120 g/mol. The van der Waals surface area contributed by atoms with E-state index in [4.69, 9.17) is 26.0 Å². The molecule has 2 saturated heterocycles. The Kier molecular flexibility index (Phi) is 16.0. The highest BCUT2D eigenvalue weighted by Crippen LogP contribution is 2.43. The standard InChI is InChI=1S/C13H13N3O2.C12H11N3O2.2C12H14N2O2.C12H10N2O2/c1-15-8-10-7-9(13(17)14-18)4-5-11(10)12-3-2-6-16(12)15;16-12(14-17)8-3-4-10-9(6-8)7-13-15-5-1-2-11(10)15;3*15-12(13-16)8-3-4-10-9(6-8)7-14-5-1-2-11(10)14/h2-7,18H,8H2,1H3,(H,14,17);1-6,13,17H,7H2,(H,14,16);2*3-4,6,11,16H,1-2,5,7H2,(H,13,15);1-6,16H,7H2,(H,13,15)/t;;2*11-;/m..10./s1. The number of hydrogen-bond donors (Lipinski definition) is 11. The molecule has 10 heterocycles. The Morgan fingerprint density at radius 3 is 1.37 bits per heavy atom. The average Bonchev–Trinajstić information content (AvgIpc) is 4.51. The van der Waals surface area contributed by atoms with Gasteiger partial charge in [-0.05, 0) is 175 Å². The highest BCUT2D eigenvalue weighted by Gasteiger charge is 2.35. The minimum atomic E-state index is -0.492. The summed E-state index contributed by atoms with van der Waals surface area (Å²) >= 11 is 0. The second kappa shape index (κ2) is 24.0. The maximum Gasteiger partial charge on any atom is 0.274 e. The summed E-state index contributed by atoms with van der Waals surface area (Å²) in [4.78, 5) is 61.4.